The summed E-state index contributed by atoms with van der Waals surface area (Å²) in [6, 6.07) is 12.9. The first kappa shape index (κ1) is 12.9. The van der Waals surface area contributed by atoms with E-state index in [1.807, 2.05) is 35.3 Å². The van der Waals surface area contributed by atoms with Crippen LogP contribution in [0.15, 0.2) is 58.3 Å². The van der Waals surface area contributed by atoms with E-state index in [0.29, 0.717) is 5.56 Å². The van der Waals surface area contributed by atoms with Gasteiger partial charge in [-0.15, -0.1) is 0 Å². The van der Waals surface area contributed by atoms with Crippen LogP contribution in [-0.4, -0.2) is 15.9 Å². The molecule has 21 heavy (non-hydrogen) atoms. The number of nitrogens with one attached hydrogen (secondary N) is 3. The van der Waals surface area contributed by atoms with Crippen LogP contribution < -0.4 is 16.6 Å². The molecule has 0 radical (unpaired) electrons. The van der Waals surface area contributed by atoms with Crippen LogP contribution in [-0.2, 0) is 0 Å². The molecule has 1 heterocycles. The zero-order chi connectivity index (χ0) is 14.8. The van der Waals surface area contributed by atoms with Gasteiger partial charge in [0.15, 0.2) is 0 Å². The van der Waals surface area contributed by atoms with E-state index >= 15 is 0 Å². The van der Waals surface area contributed by atoms with Crippen molar-refractivity contribution in [1.82, 2.24) is 9.97 Å². The highest BCUT2D eigenvalue weighted by molar-refractivity contribution is 6.06. The third-order valence-electron chi connectivity index (χ3n) is 3.08. The molecule has 3 aromatic rings. The van der Waals surface area contributed by atoms with Crippen molar-refractivity contribution in [1.29, 1.82) is 0 Å². The van der Waals surface area contributed by atoms with Crippen LogP contribution in [0.3, 0.4) is 0 Å². The molecule has 104 valence electrons. The Balaban J connectivity index is 1.93. The van der Waals surface area contributed by atoms with Crippen molar-refractivity contribution in [3.05, 3.63) is 75.1 Å². The summed E-state index contributed by atoms with van der Waals surface area (Å²) in [5.41, 5.74) is -0.844. The molecule has 1 amide bonds. The predicted molar refractivity (Wildman–Crippen MR) is 79.6 cm³/mol. The molecule has 0 saturated heterocycles. The minimum Gasteiger partial charge on any atom is -0.316 e. The lowest BCUT2D eigenvalue weighted by Crippen LogP contribution is -2.26. The normalized spacial score (nSPS) is 10.5. The number of hydrogen-bond acceptors (Lipinski definition) is 3. The van der Waals surface area contributed by atoms with Crippen LogP contribution in [0.25, 0.3) is 10.8 Å². The average Bonchev–Trinajstić information content (AvgIpc) is 2.49. The van der Waals surface area contributed by atoms with E-state index in [0.717, 1.165) is 10.8 Å². The first-order chi connectivity index (χ1) is 10.1. The molecule has 0 saturated carbocycles. The minimum atomic E-state index is -0.645. The fraction of sp³-hybridized carbons (Fsp3) is 0. The number of carbonyl (C=O) groups is 1. The number of hydrogen-bond donors (Lipinski definition) is 3. The number of amides is 1. The van der Waals surface area contributed by atoms with Gasteiger partial charge in [-0.3, -0.25) is 14.6 Å². The summed E-state index contributed by atoms with van der Waals surface area (Å²) in [5.74, 6) is -0.418. The van der Waals surface area contributed by atoms with Gasteiger partial charge in [0.1, 0.15) is 5.69 Å². The van der Waals surface area contributed by atoms with E-state index in [9.17, 15) is 14.4 Å². The molecular formula is C15H11N3O3. The van der Waals surface area contributed by atoms with Gasteiger partial charge in [-0.25, -0.2) is 4.79 Å². The molecule has 0 atom stereocenters. The maximum Gasteiger partial charge on any atom is 0.325 e. The SMILES string of the molecule is O=C(Nc1c[nH]c(=O)[nH]c1=O)c1ccc2ccccc2c1. The number of benzene rings is 2. The molecule has 3 N–H and O–H groups in total. The zero-order valence-corrected chi connectivity index (χ0v) is 10.8. The topological polar surface area (TPSA) is 94.8 Å². The molecule has 0 bridgehead atoms. The summed E-state index contributed by atoms with van der Waals surface area (Å²) in [5, 5.41) is 4.42. The molecule has 3 rings (SSSR count). The van der Waals surface area contributed by atoms with Crippen molar-refractivity contribution in [3.63, 3.8) is 0 Å². The fourth-order valence-corrected chi connectivity index (χ4v) is 2.03. The molecule has 0 unspecified atom stereocenters. The minimum absolute atomic E-state index is 0.00670. The number of aromatic nitrogens is 2. The number of H-pyrrole nitrogens is 2. The standard InChI is InChI=1S/C15H11N3O3/c19-13(17-12-8-16-15(21)18-14(12)20)11-6-5-9-3-1-2-4-10(9)7-11/h1-8H,(H,17,19)(H2,16,18,20,21). The molecule has 6 nitrogen and oxygen atoms in total. The molecule has 1 aromatic heterocycles. The lowest BCUT2D eigenvalue weighted by Gasteiger charge is -2.05. The van der Waals surface area contributed by atoms with Crippen LogP contribution in [0.4, 0.5) is 5.69 Å². The predicted octanol–water partition coefficient (Wildman–Crippen LogP) is 1.47. The molecule has 0 aliphatic heterocycles. The number of rotatable bonds is 2. The molecule has 0 aliphatic carbocycles. The lowest BCUT2D eigenvalue weighted by molar-refractivity contribution is 0.102. The molecule has 0 aliphatic rings. The molecule has 0 spiro atoms. The third-order valence-corrected chi connectivity index (χ3v) is 3.08. The van der Waals surface area contributed by atoms with Crippen LogP contribution in [0.2, 0.25) is 0 Å². The number of anilines is 1. The van der Waals surface area contributed by atoms with Crippen LogP contribution >= 0.6 is 0 Å². The van der Waals surface area contributed by atoms with Gasteiger partial charge in [0, 0.05) is 11.8 Å². The summed E-state index contributed by atoms with van der Waals surface area (Å²) < 4.78 is 0. The van der Waals surface area contributed by atoms with E-state index in [1.165, 1.54) is 6.20 Å². The van der Waals surface area contributed by atoms with Crippen molar-refractivity contribution in [2.45, 2.75) is 0 Å². The second-order valence-electron chi connectivity index (χ2n) is 4.50. The quantitative estimate of drug-likeness (QED) is 0.663. The van der Waals surface area contributed by atoms with Gasteiger partial charge >= 0.3 is 5.69 Å². The zero-order valence-electron chi connectivity index (χ0n) is 10.8. The van der Waals surface area contributed by atoms with Gasteiger partial charge in [-0.05, 0) is 22.9 Å². The van der Waals surface area contributed by atoms with Crippen molar-refractivity contribution in [2.75, 3.05) is 5.32 Å². The molecule has 2 aromatic carbocycles. The Kier molecular flexibility index (Phi) is 3.12. The second-order valence-corrected chi connectivity index (χ2v) is 4.50. The van der Waals surface area contributed by atoms with E-state index in [1.54, 1.807) is 12.1 Å². The first-order valence-corrected chi connectivity index (χ1v) is 6.26. The van der Waals surface area contributed by atoms with E-state index in [-0.39, 0.29) is 5.69 Å². The highest BCUT2D eigenvalue weighted by Gasteiger charge is 2.09. The van der Waals surface area contributed by atoms with Crippen molar-refractivity contribution in [2.24, 2.45) is 0 Å². The largest absolute Gasteiger partial charge is 0.325 e. The highest BCUT2D eigenvalue weighted by Crippen LogP contribution is 2.16. The van der Waals surface area contributed by atoms with Crippen LogP contribution in [0.5, 0.6) is 0 Å². The molecular weight excluding hydrogens is 270 g/mol. The summed E-state index contributed by atoms with van der Waals surface area (Å²) in [4.78, 5) is 38.9. The number of carbonyl (C=O) groups excluding carboxylic acids is 1. The monoisotopic (exact) mass is 281 g/mol. The Morgan fingerprint density at radius 2 is 1.76 bits per heavy atom. The van der Waals surface area contributed by atoms with Gasteiger partial charge in [-0.1, -0.05) is 30.3 Å². The summed E-state index contributed by atoms with van der Waals surface area (Å²) in [6.45, 7) is 0. The van der Waals surface area contributed by atoms with Crippen LogP contribution in [0.1, 0.15) is 10.4 Å². The van der Waals surface area contributed by atoms with Crippen molar-refractivity contribution >= 4 is 22.4 Å². The highest BCUT2D eigenvalue weighted by atomic mass is 16.2. The first-order valence-electron chi connectivity index (χ1n) is 6.26. The van der Waals surface area contributed by atoms with Crippen molar-refractivity contribution < 1.29 is 4.79 Å². The maximum atomic E-state index is 12.1. The Bertz CT molecular complexity index is 940. The number of aromatic amines is 2. The number of fused-ring (bicyclic) bond motifs is 1. The van der Waals surface area contributed by atoms with E-state index in [2.05, 4.69) is 10.3 Å². The lowest BCUT2D eigenvalue weighted by atomic mass is 10.1. The Morgan fingerprint density at radius 1 is 1.00 bits per heavy atom. The van der Waals surface area contributed by atoms with Gasteiger partial charge in [0.05, 0.1) is 0 Å². The third kappa shape index (κ3) is 2.59. The average molecular weight is 281 g/mol. The molecule has 6 heteroatoms. The van der Waals surface area contributed by atoms with Crippen molar-refractivity contribution in [3.8, 4) is 0 Å². The Morgan fingerprint density at radius 3 is 2.52 bits per heavy atom. The fourth-order valence-electron chi connectivity index (χ4n) is 2.03. The summed E-state index contributed by atoms with van der Waals surface area (Å²) in [7, 11) is 0. The molecule has 0 fully saturated rings. The van der Waals surface area contributed by atoms with Gasteiger partial charge in [0.2, 0.25) is 0 Å². The van der Waals surface area contributed by atoms with Gasteiger partial charge < -0.3 is 10.3 Å². The summed E-state index contributed by atoms with van der Waals surface area (Å²) >= 11 is 0. The van der Waals surface area contributed by atoms with Gasteiger partial charge in [-0.2, -0.15) is 0 Å². The Hall–Kier alpha value is -3.15. The Labute approximate surface area is 118 Å². The second kappa shape index (κ2) is 5.09. The van der Waals surface area contributed by atoms with Crippen LogP contribution in [0, 0.1) is 0 Å². The van der Waals surface area contributed by atoms with Gasteiger partial charge in [0.25, 0.3) is 11.5 Å². The van der Waals surface area contributed by atoms with E-state index in [4.69, 9.17) is 0 Å². The smallest absolute Gasteiger partial charge is 0.316 e. The summed E-state index contributed by atoms with van der Waals surface area (Å²) in [6.07, 6.45) is 1.17. The maximum absolute atomic E-state index is 12.1. The van der Waals surface area contributed by atoms with E-state index < -0.39 is 17.2 Å².